The number of ether oxygens (including phenoxy) is 4. The Bertz CT molecular complexity index is 1140. The maximum atomic E-state index is 12.5. The van der Waals surface area contributed by atoms with Gasteiger partial charge in [0.2, 0.25) is 0 Å². The SMILES string of the molecule is CCCCCCOC(=O)Oc1c2ccccc2c(OC(=O)OCCCCCC)c2cc(C)ccc12. The highest BCUT2D eigenvalue weighted by Gasteiger charge is 2.21. The molecule has 0 radical (unpaired) electrons. The van der Waals surface area contributed by atoms with Gasteiger partial charge in [0.15, 0.2) is 0 Å². The van der Waals surface area contributed by atoms with E-state index < -0.39 is 12.3 Å². The van der Waals surface area contributed by atoms with Crippen molar-refractivity contribution in [3.8, 4) is 11.5 Å². The van der Waals surface area contributed by atoms with Crippen LogP contribution in [0, 0.1) is 6.92 Å². The van der Waals surface area contributed by atoms with Gasteiger partial charge in [0.25, 0.3) is 0 Å². The van der Waals surface area contributed by atoms with Crippen LogP contribution in [0.25, 0.3) is 21.5 Å². The van der Waals surface area contributed by atoms with E-state index in [0.29, 0.717) is 46.3 Å². The Labute approximate surface area is 207 Å². The van der Waals surface area contributed by atoms with Gasteiger partial charge >= 0.3 is 12.3 Å². The number of hydrogen-bond acceptors (Lipinski definition) is 6. The Balaban J connectivity index is 1.88. The van der Waals surface area contributed by atoms with Crippen molar-refractivity contribution < 1.29 is 28.5 Å². The molecule has 3 aromatic carbocycles. The van der Waals surface area contributed by atoms with Crippen LogP contribution in [0.1, 0.15) is 70.8 Å². The van der Waals surface area contributed by atoms with Crippen LogP contribution in [0.5, 0.6) is 11.5 Å². The summed E-state index contributed by atoms with van der Waals surface area (Å²) < 4.78 is 22.1. The van der Waals surface area contributed by atoms with Gasteiger partial charge in [-0.2, -0.15) is 0 Å². The number of carbonyl (C=O) groups excluding carboxylic acids is 2. The van der Waals surface area contributed by atoms with E-state index in [9.17, 15) is 9.59 Å². The van der Waals surface area contributed by atoms with Crippen LogP contribution in [0.15, 0.2) is 42.5 Å². The first-order valence-corrected chi connectivity index (χ1v) is 12.7. The predicted octanol–water partition coefficient (Wildman–Crippen LogP) is 8.49. The van der Waals surface area contributed by atoms with Gasteiger partial charge in [-0.25, -0.2) is 9.59 Å². The molecule has 3 rings (SSSR count). The monoisotopic (exact) mass is 480 g/mol. The number of hydrogen-bond donors (Lipinski definition) is 0. The van der Waals surface area contributed by atoms with Crippen LogP contribution in [-0.4, -0.2) is 25.5 Å². The van der Waals surface area contributed by atoms with Gasteiger partial charge < -0.3 is 18.9 Å². The molecule has 188 valence electrons. The third-order valence-corrected chi connectivity index (χ3v) is 5.89. The minimum absolute atomic E-state index is 0.318. The first kappa shape index (κ1) is 26.3. The summed E-state index contributed by atoms with van der Waals surface area (Å²) in [5.74, 6) is 0.771. The van der Waals surface area contributed by atoms with Crippen LogP contribution in [0.3, 0.4) is 0 Å². The molecule has 0 heterocycles. The summed E-state index contributed by atoms with van der Waals surface area (Å²) in [5, 5.41) is 2.62. The van der Waals surface area contributed by atoms with E-state index in [0.717, 1.165) is 56.9 Å². The lowest BCUT2D eigenvalue weighted by Gasteiger charge is -2.16. The molecule has 0 N–H and O–H groups in total. The maximum Gasteiger partial charge on any atom is 0.513 e. The van der Waals surface area contributed by atoms with Gasteiger partial charge in [-0.3, -0.25) is 0 Å². The van der Waals surface area contributed by atoms with E-state index in [1.807, 2.05) is 49.4 Å². The summed E-state index contributed by atoms with van der Waals surface area (Å²) in [6, 6.07) is 13.1. The molecule has 0 atom stereocenters. The second kappa shape index (κ2) is 13.6. The molecule has 0 aliphatic heterocycles. The quantitative estimate of drug-likeness (QED) is 0.112. The Morgan fingerprint density at radius 2 is 1.11 bits per heavy atom. The van der Waals surface area contributed by atoms with Crippen molar-refractivity contribution in [3.05, 3.63) is 48.0 Å². The number of rotatable bonds is 12. The van der Waals surface area contributed by atoms with Gasteiger partial charge in [0.05, 0.1) is 13.2 Å². The van der Waals surface area contributed by atoms with Crippen molar-refractivity contribution in [1.82, 2.24) is 0 Å². The summed E-state index contributed by atoms with van der Waals surface area (Å²) in [7, 11) is 0. The lowest BCUT2D eigenvalue weighted by atomic mass is 9.99. The number of unbranched alkanes of at least 4 members (excludes halogenated alkanes) is 6. The molecule has 0 aromatic heterocycles. The van der Waals surface area contributed by atoms with Crippen LogP contribution in [0.2, 0.25) is 0 Å². The molecule has 0 aliphatic rings. The third kappa shape index (κ3) is 7.35. The van der Waals surface area contributed by atoms with E-state index in [1.165, 1.54) is 0 Å². The van der Waals surface area contributed by atoms with E-state index in [1.54, 1.807) is 0 Å². The zero-order valence-electron chi connectivity index (χ0n) is 21.1. The zero-order valence-corrected chi connectivity index (χ0v) is 21.1. The highest BCUT2D eigenvalue weighted by atomic mass is 16.7. The molecule has 0 unspecified atom stereocenters. The molecule has 6 nitrogen and oxygen atoms in total. The molecule has 0 fully saturated rings. The van der Waals surface area contributed by atoms with E-state index in [-0.39, 0.29) is 0 Å². The molecular weight excluding hydrogens is 444 g/mol. The molecule has 0 saturated carbocycles. The minimum Gasteiger partial charge on any atom is -0.434 e. The van der Waals surface area contributed by atoms with Crippen molar-refractivity contribution in [1.29, 1.82) is 0 Å². The topological polar surface area (TPSA) is 71.1 Å². The summed E-state index contributed by atoms with van der Waals surface area (Å²) in [4.78, 5) is 25.0. The second-order valence-electron chi connectivity index (χ2n) is 8.78. The largest absolute Gasteiger partial charge is 0.513 e. The van der Waals surface area contributed by atoms with E-state index in [2.05, 4.69) is 13.8 Å². The molecule has 35 heavy (non-hydrogen) atoms. The summed E-state index contributed by atoms with van der Waals surface area (Å²) in [5.41, 5.74) is 0.981. The number of fused-ring (bicyclic) bond motifs is 2. The van der Waals surface area contributed by atoms with Crippen molar-refractivity contribution in [3.63, 3.8) is 0 Å². The van der Waals surface area contributed by atoms with Gasteiger partial charge in [0, 0.05) is 21.5 Å². The normalized spacial score (nSPS) is 10.9. The maximum absolute atomic E-state index is 12.5. The van der Waals surface area contributed by atoms with Crippen molar-refractivity contribution in [2.24, 2.45) is 0 Å². The standard InChI is InChI=1S/C29H36O6/c1-4-6-8-12-18-32-28(30)34-26-22-14-10-11-15-23(22)27(25-20-21(3)16-17-24(25)26)35-29(31)33-19-13-9-7-5-2/h10-11,14-17,20H,4-9,12-13,18-19H2,1-3H3. The van der Waals surface area contributed by atoms with Crippen molar-refractivity contribution in [2.75, 3.05) is 13.2 Å². The number of aryl methyl sites for hydroxylation is 1. The lowest BCUT2D eigenvalue weighted by Crippen LogP contribution is -2.14. The molecule has 0 saturated heterocycles. The van der Waals surface area contributed by atoms with Gasteiger partial charge in [-0.05, 0) is 25.8 Å². The van der Waals surface area contributed by atoms with Crippen LogP contribution >= 0.6 is 0 Å². The number of carbonyl (C=O) groups is 2. The fraction of sp³-hybridized carbons (Fsp3) is 0.448. The zero-order chi connectivity index (χ0) is 25.0. The molecule has 0 spiro atoms. The fourth-order valence-electron chi connectivity index (χ4n) is 4.03. The number of benzene rings is 3. The second-order valence-corrected chi connectivity index (χ2v) is 8.78. The summed E-state index contributed by atoms with van der Waals surface area (Å²) in [6.07, 6.45) is 6.58. The van der Waals surface area contributed by atoms with Crippen molar-refractivity contribution >= 4 is 33.9 Å². The third-order valence-electron chi connectivity index (χ3n) is 5.89. The molecule has 0 bridgehead atoms. The van der Waals surface area contributed by atoms with E-state index in [4.69, 9.17) is 18.9 Å². The summed E-state index contributed by atoms with van der Waals surface area (Å²) in [6.45, 7) is 6.86. The average molecular weight is 481 g/mol. The van der Waals surface area contributed by atoms with Crippen LogP contribution in [-0.2, 0) is 9.47 Å². The van der Waals surface area contributed by atoms with E-state index >= 15 is 0 Å². The Morgan fingerprint density at radius 1 is 0.629 bits per heavy atom. The fourth-order valence-corrected chi connectivity index (χ4v) is 4.03. The molecule has 0 aliphatic carbocycles. The first-order chi connectivity index (χ1) is 17.0. The van der Waals surface area contributed by atoms with Crippen LogP contribution in [0.4, 0.5) is 9.59 Å². The lowest BCUT2D eigenvalue weighted by molar-refractivity contribution is 0.0965. The summed E-state index contributed by atoms with van der Waals surface area (Å²) >= 11 is 0. The van der Waals surface area contributed by atoms with Gasteiger partial charge in [0.1, 0.15) is 11.5 Å². The van der Waals surface area contributed by atoms with Crippen LogP contribution < -0.4 is 9.47 Å². The Kier molecular flexibility index (Phi) is 10.2. The van der Waals surface area contributed by atoms with Gasteiger partial charge in [-0.1, -0.05) is 94.3 Å². The van der Waals surface area contributed by atoms with Crippen molar-refractivity contribution in [2.45, 2.75) is 72.1 Å². The smallest absolute Gasteiger partial charge is 0.434 e. The molecular formula is C29H36O6. The first-order valence-electron chi connectivity index (χ1n) is 12.7. The minimum atomic E-state index is -0.742. The average Bonchev–Trinajstić information content (AvgIpc) is 2.85. The molecule has 3 aromatic rings. The highest BCUT2D eigenvalue weighted by molar-refractivity contribution is 6.12. The Morgan fingerprint density at radius 3 is 1.63 bits per heavy atom. The van der Waals surface area contributed by atoms with Gasteiger partial charge in [-0.15, -0.1) is 0 Å². The Hall–Kier alpha value is -3.28. The molecule has 0 amide bonds. The molecule has 6 heteroatoms. The predicted molar refractivity (Wildman–Crippen MR) is 138 cm³/mol. The highest BCUT2D eigenvalue weighted by Crippen LogP contribution is 2.43.